The van der Waals surface area contributed by atoms with Gasteiger partial charge in [0.25, 0.3) is 11.5 Å². The molecule has 0 unspecified atom stereocenters. The van der Waals surface area contributed by atoms with E-state index in [2.05, 4.69) is 16.9 Å². The van der Waals surface area contributed by atoms with Crippen LogP contribution in [0.3, 0.4) is 0 Å². The van der Waals surface area contributed by atoms with Gasteiger partial charge in [0.1, 0.15) is 5.65 Å². The zero-order valence-electron chi connectivity index (χ0n) is 16.0. The molecule has 0 aromatic carbocycles. The van der Waals surface area contributed by atoms with Gasteiger partial charge < -0.3 is 10.0 Å². The van der Waals surface area contributed by atoms with E-state index in [-0.39, 0.29) is 34.5 Å². The van der Waals surface area contributed by atoms with E-state index in [1.165, 1.54) is 11.6 Å². The number of aromatic amines is 1. The molecule has 1 atom stereocenters. The van der Waals surface area contributed by atoms with Crippen LogP contribution in [0.5, 0.6) is 0 Å². The van der Waals surface area contributed by atoms with Crippen LogP contribution in [0, 0.1) is 12.3 Å². The number of carbonyl (C=O) groups is 1. The third-order valence-electron chi connectivity index (χ3n) is 5.49. The molecular formula is C19H26N4O4. The van der Waals surface area contributed by atoms with Crippen molar-refractivity contribution in [3.05, 3.63) is 38.2 Å². The number of aliphatic hydroxyl groups is 1. The number of hydrogen-bond acceptors (Lipinski definition) is 5. The molecule has 1 amide bonds. The van der Waals surface area contributed by atoms with Gasteiger partial charge in [0, 0.05) is 31.2 Å². The van der Waals surface area contributed by atoms with Crippen LogP contribution < -0.4 is 11.2 Å². The van der Waals surface area contributed by atoms with E-state index >= 15 is 0 Å². The number of fused-ring (bicyclic) bond motifs is 1. The van der Waals surface area contributed by atoms with Gasteiger partial charge in [-0.3, -0.25) is 19.1 Å². The first-order valence-electron chi connectivity index (χ1n) is 9.32. The smallest absolute Gasteiger partial charge is 0.329 e. The minimum atomic E-state index is -0.608. The highest BCUT2D eigenvalue weighted by atomic mass is 16.3. The molecular weight excluding hydrogens is 348 g/mol. The van der Waals surface area contributed by atoms with Gasteiger partial charge in [-0.15, -0.1) is 0 Å². The number of pyridine rings is 1. The van der Waals surface area contributed by atoms with E-state index in [0.29, 0.717) is 18.8 Å². The number of aryl methyl sites for hydroxylation is 2. The first kappa shape index (κ1) is 19.3. The normalized spacial score (nSPS) is 20.2. The van der Waals surface area contributed by atoms with E-state index in [1.54, 1.807) is 17.9 Å². The van der Waals surface area contributed by atoms with Crippen molar-refractivity contribution >= 4 is 16.9 Å². The van der Waals surface area contributed by atoms with Gasteiger partial charge in [-0.1, -0.05) is 13.3 Å². The Kier molecular flexibility index (Phi) is 5.19. The summed E-state index contributed by atoms with van der Waals surface area (Å²) < 4.78 is 1.24. The van der Waals surface area contributed by atoms with Crippen molar-refractivity contribution in [1.29, 1.82) is 0 Å². The summed E-state index contributed by atoms with van der Waals surface area (Å²) >= 11 is 0. The van der Waals surface area contributed by atoms with E-state index < -0.39 is 11.2 Å². The molecule has 2 aromatic heterocycles. The third kappa shape index (κ3) is 3.41. The molecule has 1 saturated heterocycles. The van der Waals surface area contributed by atoms with Crippen molar-refractivity contribution in [2.75, 3.05) is 19.7 Å². The van der Waals surface area contributed by atoms with E-state index in [1.807, 2.05) is 0 Å². The van der Waals surface area contributed by atoms with Gasteiger partial charge in [-0.05, 0) is 32.3 Å². The molecule has 146 valence electrons. The number of piperidine rings is 1. The van der Waals surface area contributed by atoms with Crippen LogP contribution >= 0.6 is 0 Å². The lowest BCUT2D eigenvalue weighted by atomic mass is 9.77. The fraction of sp³-hybridized carbons (Fsp3) is 0.579. The van der Waals surface area contributed by atoms with Crippen molar-refractivity contribution in [3.63, 3.8) is 0 Å². The predicted molar refractivity (Wildman–Crippen MR) is 102 cm³/mol. The molecule has 0 radical (unpaired) electrons. The summed E-state index contributed by atoms with van der Waals surface area (Å²) in [5.41, 5.74) is -0.455. The summed E-state index contributed by atoms with van der Waals surface area (Å²) in [7, 11) is 1.51. The second kappa shape index (κ2) is 7.26. The van der Waals surface area contributed by atoms with Crippen LogP contribution in [0.25, 0.3) is 11.0 Å². The topological polar surface area (TPSA) is 108 Å². The summed E-state index contributed by atoms with van der Waals surface area (Å²) in [4.78, 5) is 45.9. The minimum Gasteiger partial charge on any atom is -0.396 e. The van der Waals surface area contributed by atoms with Crippen molar-refractivity contribution in [3.8, 4) is 0 Å². The Morgan fingerprint density at radius 3 is 2.81 bits per heavy atom. The Labute approximate surface area is 156 Å². The molecule has 0 saturated carbocycles. The number of H-pyrrole nitrogens is 1. The van der Waals surface area contributed by atoms with Crippen molar-refractivity contribution in [1.82, 2.24) is 19.4 Å². The highest BCUT2D eigenvalue weighted by Gasteiger charge is 2.36. The molecule has 2 N–H and O–H groups in total. The van der Waals surface area contributed by atoms with Gasteiger partial charge >= 0.3 is 5.69 Å². The first-order chi connectivity index (χ1) is 12.8. The fourth-order valence-corrected chi connectivity index (χ4v) is 4.13. The second-order valence-electron chi connectivity index (χ2n) is 7.57. The monoisotopic (exact) mass is 374 g/mol. The average Bonchev–Trinajstić information content (AvgIpc) is 2.65. The molecule has 0 bridgehead atoms. The zero-order chi connectivity index (χ0) is 19.8. The Balaban J connectivity index is 2.10. The Morgan fingerprint density at radius 2 is 2.15 bits per heavy atom. The zero-order valence-corrected chi connectivity index (χ0v) is 16.0. The van der Waals surface area contributed by atoms with Gasteiger partial charge in [-0.2, -0.15) is 0 Å². The van der Waals surface area contributed by atoms with E-state index in [0.717, 1.165) is 25.7 Å². The number of nitrogens with one attached hydrogen (secondary N) is 1. The van der Waals surface area contributed by atoms with Gasteiger partial charge in [0.2, 0.25) is 0 Å². The molecule has 0 spiro atoms. The van der Waals surface area contributed by atoms with Crippen molar-refractivity contribution in [2.24, 2.45) is 12.5 Å². The summed E-state index contributed by atoms with van der Waals surface area (Å²) in [6.07, 6.45) is 3.47. The number of carbonyl (C=O) groups excluding carboxylic acids is 1. The number of aromatic nitrogens is 3. The summed E-state index contributed by atoms with van der Waals surface area (Å²) in [6.45, 7) is 4.88. The van der Waals surface area contributed by atoms with Crippen LogP contribution in [0.15, 0.2) is 15.7 Å². The molecule has 0 aliphatic carbocycles. The van der Waals surface area contributed by atoms with Crippen molar-refractivity contribution in [2.45, 2.75) is 39.5 Å². The molecule has 2 aromatic rings. The van der Waals surface area contributed by atoms with Gasteiger partial charge in [0.15, 0.2) is 0 Å². The molecule has 8 heteroatoms. The maximum absolute atomic E-state index is 13.3. The Morgan fingerprint density at radius 1 is 1.41 bits per heavy atom. The lowest BCUT2D eigenvalue weighted by Crippen LogP contribution is -2.48. The molecule has 8 nitrogen and oxygen atoms in total. The molecule has 1 fully saturated rings. The second-order valence-corrected chi connectivity index (χ2v) is 7.57. The largest absolute Gasteiger partial charge is 0.396 e. The van der Waals surface area contributed by atoms with Crippen LogP contribution in [0.1, 0.15) is 48.7 Å². The van der Waals surface area contributed by atoms with Crippen LogP contribution in [-0.4, -0.2) is 50.1 Å². The lowest BCUT2D eigenvalue weighted by molar-refractivity contribution is 0.0223. The molecule has 27 heavy (non-hydrogen) atoms. The minimum absolute atomic E-state index is 0.0375. The summed E-state index contributed by atoms with van der Waals surface area (Å²) in [5.74, 6) is -0.261. The Bertz CT molecular complexity index is 990. The van der Waals surface area contributed by atoms with Crippen LogP contribution in [0.4, 0.5) is 0 Å². The summed E-state index contributed by atoms with van der Waals surface area (Å²) in [5, 5.41) is 10.1. The Hall–Kier alpha value is -2.48. The fourth-order valence-electron chi connectivity index (χ4n) is 4.13. The average molecular weight is 374 g/mol. The lowest BCUT2D eigenvalue weighted by Gasteiger charge is -2.42. The molecule has 1 aliphatic rings. The maximum Gasteiger partial charge on any atom is 0.329 e. The van der Waals surface area contributed by atoms with Gasteiger partial charge in [0.05, 0.1) is 17.6 Å². The number of likely N-dealkylation sites (tertiary alicyclic amines) is 1. The molecule has 1 aliphatic heterocycles. The number of hydrogen-bond donors (Lipinski definition) is 2. The third-order valence-corrected chi connectivity index (χ3v) is 5.49. The number of nitrogens with zero attached hydrogens (tertiary/aromatic N) is 3. The number of rotatable bonds is 4. The first-order valence-corrected chi connectivity index (χ1v) is 9.32. The SMILES string of the molecule is CCC[C@]1(CO)CCCN(C(=O)c2cc(C)nc3c2c(=O)[nH]c(=O)n3C)C1. The molecule has 3 heterocycles. The molecule has 3 rings (SSSR count). The standard InChI is InChI=1S/C19H26N4O4/c1-4-6-19(11-24)7-5-8-23(10-19)17(26)13-9-12(2)20-15-14(13)16(25)21-18(27)22(15)3/h9,24H,4-8,10-11H2,1-3H3,(H,21,25,27)/t19-/m0/s1. The summed E-state index contributed by atoms with van der Waals surface area (Å²) in [6, 6.07) is 1.60. The van der Waals surface area contributed by atoms with Crippen molar-refractivity contribution < 1.29 is 9.90 Å². The number of amides is 1. The van der Waals surface area contributed by atoms with Gasteiger partial charge in [-0.25, -0.2) is 9.78 Å². The van der Waals surface area contributed by atoms with Crippen LogP contribution in [-0.2, 0) is 7.05 Å². The van der Waals surface area contributed by atoms with E-state index in [4.69, 9.17) is 0 Å². The predicted octanol–water partition coefficient (Wildman–Crippen LogP) is 0.945. The quantitative estimate of drug-likeness (QED) is 0.828. The van der Waals surface area contributed by atoms with Crippen LogP contribution in [0.2, 0.25) is 0 Å². The highest BCUT2D eigenvalue weighted by Crippen LogP contribution is 2.35. The maximum atomic E-state index is 13.3. The highest BCUT2D eigenvalue weighted by molar-refractivity contribution is 6.05. The number of aliphatic hydroxyl groups excluding tert-OH is 1. The van der Waals surface area contributed by atoms with E-state index in [9.17, 15) is 19.5 Å².